The highest BCUT2D eigenvalue weighted by molar-refractivity contribution is 5.77. The second-order valence-electron chi connectivity index (χ2n) is 6.57. The van der Waals surface area contributed by atoms with E-state index in [9.17, 15) is 9.18 Å². The van der Waals surface area contributed by atoms with Gasteiger partial charge in [-0.1, -0.05) is 42.5 Å². The molecular weight excluding hydrogens is 303 g/mol. The number of amides is 1. The van der Waals surface area contributed by atoms with Crippen molar-refractivity contribution in [1.82, 2.24) is 4.90 Å². The number of carbonyl (C=O) groups excluding carboxylic acids is 1. The lowest BCUT2D eigenvalue weighted by Gasteiger charge is -2.24. The average Bonchev–Trinajstić information content (AvgIpc) is 3.41. The third-order valence-electron chi connectivity index (χ3n) is 4.44. The molecule has 0 saturated heterocycles. The number of nitrogens with two attached hydrogens (primary N) is 1. The Morgan fingerprint density at radius 2 is 1.79 bits per heavy atom. The molecule has 0 heterocycles. The van der Waals surface area contributed by atoms with Gasteiger partial charge in [0.2, 0.25) is 5.91 Å². The van der Waals surface area contributed by atoms with Crippen molar-refractivity contribution in [2.45, 2.75) is 31.8 Å². The van der Waals surface area contributed by atoms with E-state index < -0.39 is 0 Å². The van der Waals surface area contributed by atoms with Crippen LogP contribution < -0.4 is 5.73 Å². The number of carbonyl (C=O) groups is 1. The maximum absolute atomic E-state index is 13.1. The summed E-state index contributed by atoms with van der Waals surface area (Å²) in [5, 5.41) is 0. The van der Waals surface area contributed by atoms with Gasteiger partial charge >= 0.3 is 0 Å². The van der Waals surface area contributed by atoms with Crippen molar-refractivity contribution in [3.05, 3.63) is 71.5 Å². The molecule has 1 saturated carbocycles. The summed E-state index contributed by atoms with van der Waals surface area (Å²) in [4.78, 5) is 14.6. The Labute approximate surface area is 142 Å². The van der Waals surface area contributed by atoms with E-state index in [2.05, 4.69) is 0 Å². The molecule has 24 heavy (non-hydrogen) atoms. The Morgan fingerprint density at radius 1 is 1.12 bits per heavy atom. The van der Waals surface area contributed by atoms with E-state index in [1.807, 2.05) is 35.2 Å². The second kappa shape index (κ2) is 7.58. The highest BCUT2D eigenvalue weighted by atomic mass is 19.1. The molecule has 1 amide bonds. The zero-order chi connectivity index (χ0) is 16.9. The van der Waals surface area contributed by atoms with Crippen LogP contribution in [0.4, 0.5) is 4.39 Å². The molecular formula is C20H23FN2O. The summed E-state index contributed by atoms with van der Waals surface area (Å²) in [6.07, 6.45) is 2.65. The highest BCUT2D eigenvalue weighted by Crippen LogP contribution is 2.30. The number of nitrogens with zero attached hydrogens (tertiary/aromatic N) is 1. The van der Waals surface area contributed by atoms with Crippen molar-refractivity contribution >= 4 is 5.91 Å². The van der Waals surface area contributed by atoms with Crippen molar-refractivity contribution < 1.29 is 9.18 Å². The van der Waals surface area contributed by atoms with Gasteiger partial charge < -0.3 is 10.6 Å². The van der Waals surface area contributed by atoms with Crippen LogP contribution in [-0.2, 0) is 11.3 Å². The lowest BCUT2D eigenvalue weighted by molar-refractivity contribution is -0.132. The zero-order valence-corrected chi connectivity index (χ0v) is 13.7. The van der Waals surface area contributed by atoms with E-state index in [0.717, 1.165) is 17.7 Å². The van der Waals surface area contributed by atoms with E-state index in [1.165, 1.54) is 25.0 Å². The highest BCUT2D eigenvalue weighted by Gasteiger charge is 2.27. The number of benzene rings is 2. The average molecular weight is 326 g/mol. The molecule has 2 aromatic rings. The van der Waals surface area contributed by atoms with Crippen LogP contribution in [0.25, 0.3) is 0 Å². The van der Waals surface area contributed by atoms with E-state index in [4.69, 9.17) is 5.73 Å². The van der Waals surface area contributed by atoms with Gasteiger partial charge in [0.15, 0.2) is 0 Å². The molecule has 1 aliphatic carbocycles. The van der Waals surface area contributed by atoms with Crippen LogP contribution in [0, 0.1) is 11.7 Å². The van der Waals surface area contributed by atoms with Crippen molar-refractivity contribution in [2.24, 2.45) is 11.7 Å². The van der Waals surface area contributed by atoms with E-state index in [0.29, 0.717) is 12.5 Å². The van der Waals surface area contributed by atoms with Crippen LogP contribution >= 0.6 is 0 Å². The lowest BCUT2D eigenvalue weighted by atomic mass is 10.0. The van der Waals surface area contributed by atoms with Gasteiger partial charge in [-0.05, 0) is 42.0 Å². The monoisotopic (exact) mass is 326 g/mol. The predicted molar refractivity (Wildman–Crippen MR) is 92.5 cm³/mol. The molecule has 3 nitrogen and oxygen atoms in total. The summed E-state index contributed by atoms with van der Waals surface area (Å²) < 4.78 is 13.1. The molecule has 0 aliphatic heterocycles. The Morgan fingerprint density at radius 3 is 2.42 bits per heavy atom. The van der Waals surface area contributed by atoms with Crippen LogP contribution in [0.1, 0.15) is 36.4 Å². The first kappa shape index (κ1) is 16.7. The molecule has 4 heteroatoms. The van der Waals surface area contributed by atoms with Crippen LogP contribution in [0.2, 0.25) is 0 Å². The van der Waals surface area contributed by atoms with Crippen molar-refractivity contribution in [3.8, 4) is 0 Å². The van der Waals surface area contributed by atoms with Gasteiger partial charge in [-0.25, -0.2) is 4.39 Å². The molecule has 3 rings (SSSR count). The Hall–Kier alpha value is -2.20. The predicted octanol–water partition coefficient (Wildman–Crippen LogP) is 3.65. The minimum Gasteiger partial charge on any atom is -0.338 e. The van der Waals surface area contributed by atoms with E-state index in [-0.39, 0.29) is 24.2 Å². The molecule has 0 radical (unpaired) electrons. The van der Waals surface area contributed by atoms with Crippen molar-refractivity contribution in [1.29, 1.82) is 0 Å². The van der Waals surface area contributed by atoms with Crippen LogP contribution in [-0.4, -0.2) is 17.4 Å². The van der Waals surface area contributed by atoms with Gasteiger partial charge in [-0.2, -0.15) is 0 Å². The SMILES string of the molecule is NC(CC(=O)N(Cc1ccc(F)cc1)CC1CC1)c1ccccc1. The largest absolute Gasteiger partial charge is 0.338 e. The van der Waals surface area contributed by atoms with Gasteiger partial charge in [0.1, 0.15) is 5.82 Å². The fourth-order valence-corrected chi connectivity index (χ4v) is 2.81. The fraction of sp³-hybridized carbons (Fsp3) is 0.350. The minimum atomic E-state index is -0.298. The second-order valence-corrected chi connectivity index (χ2v) is 6.57. The Bertz CT molecular complexity index is 668. The first-order valence-corrected chi connectivity index (χ1v) is 8.44. The first-order chi connectivity index (χ1) is 11.6. The Kier molecular flexibility index (Phi) is 5.26. The summed E-state index contributed by atoms with van der Waals surface area (Å²) in [5.74, 6) is 0.398. The van der Waals surface area contributed by atoms with Gasteiger partial charge in [0.05, 0.1) is 0 Å². The molecule has 0 bridgehead atoms. The standard InChI is InChI=1S/C20H23FN2O/c21-18-10-8-16(9-11-18)14-23(13-15-6-7-15)20(24)12-19(22)17-4-2-1-3-5-17/h1-5,8-11,15,19H,6-7,12-14,22H2. The molecule has 0 aromatic heterocycles. The number of rotatable bonds is 7. The molecule has 0 spiro atoms. The summed E-state index contributed by atoms with van der Waals surface area (Å²) >= 11 is 0. The number of hydrogen-bond acceptors (Lipinski definition) is 2. The third-order valence-corrected chi connectivity index (χ3v) is 4.44. The van der Waals surface area contributed by atoms with E-state index in [1.54, 1.807) is 12.1 Å². The molecule has 2 aromatic carbocycles. The van der Waals surface area contributed by atoms with Crippen LogP contribution in [0.3, 0.4) is 0 Å². The fourth-order valence-electron chi connectivity index (χ4n) is 2.81. The molecule has 2 N–H and O–H groups in total. The first-order valence-electron chi connectivity index (χ1n) is 8.44. The van der Waals surface area contributed by atoms with Crippen LogP contribution in [0.5, 0.6) is 0 Å². The number of halogens is 1. The molecule has 1 unspecified atom stereocenters. The number of hydrogen-bond donors (Lipinski definition) is 1. The summed E-state index contributed by atoms with van der Waals surface area (Å²) in [6, 6.07) is 15.7. The van der Waals surface area contributed by atoms with Gasteiger partial charge in [-0.3, -0.25) is 4.79 Å². The maximum Gasteiger partial charge on any atom is 0.224 e. The third kappa shape index (κ3) is 4.65. The molecule has 126 valence electrons. The van der Waals surface area contributed by atoms with E-state index >= 15 is 0 Å². The minimum absolute atomic E-state index is 0.0579. The van der Waals surface area contributed by atoms with Gasteiger partial charge in [0, 0.05) is 25.6 Å². The maximum atomic E-state index is 13.1. The zero-order valence-electron chi connectivity index (χ0n) is 13.7. The summed E-state index contributed by atoms with van der Waals surface area (Å²) in [7, 11) is 0. The van der Waals surface area contributed by atoms with Crippen LogP contribution in [0.15, 0.2) is 54.6 Å². The lowest BCUT2D eigenvalue weighted by Crippen LogP contribution is -2.34. The molecule has 1 fully saturated rings. The summed E-state index contributed by atoms with van der Waals surface area (Å²) in [5.41, 5.74) is 8.11. The normalized spacial score (nSPS) is 15.1. The van der Waals surface area contributed by atoms with Crippen molar-refractivity contribution in [2.75, 3.05) is 6.54 Å². The van der Waals surface area contributed by atoms with Gasteiger partial charge in [-0.15, -0.1) is 0 Å². The summed E-state index contributed by atoms with van der Waals surface area (Å²) in [6.45, 7) is 1.27. The quantitative estimate of drug-likeness (QED) is 0.844. The van der Waals surface area contributed by atoms with Crippen molar-refractivity contribution in [3.63, 3.8) is 0 Å². The molecule has 1 atom stereocenters. The smallest absolute Gasteiger partial charge is 0.224 e. The Balaban J connectivity index is 1.65. The van der Waals surface area contributed by atoms with Gasteiger partial charge in [0.25, 0.3) is 0 Å². The topological polar surface area (TPSA) is 46.3 Å². The molecule has 1 aliphatic rings.